The molecule has 106 valence electrons. The summed E-state index contributed by atoms with van der Waals surface area (Å²) in [5.74, 6) is -0.475. The van der Waals surface area contributed by atoms with Crippen molar-refractivity contribution in [2.24, 2.45) is 5.92 Å². The highest BCUT2D eigenvalue weighted by Crippen LogP contribution is 2.14. The highest BCUT2D eigenvalue weighted by Gasteiger charge is 2.10. The molecule has 3 N–H and O–H groups in total. The van der Waals surface area contributed by atoms with E-state index in [1.54, 1.807) is 6.20 Å². The predicted octanol–water partition coefficient (Wildman–Crippen LogP) is 1.44. The van der Waals surface area contributed by atoms with Gasteiger partial charge in [0, 0.05) is 13.1 Å². The fourth-order valence-corrected chi connectivity index (χ4v) is 1.55. The van der Waals surface area contributed by atoms with Crippen molar-refractivity contribution < 1.29 is 14.7 Å². The molecule has 0 radical (unpaired) electrons. The SMILES string of the molecule is Cc1c(NC(=O)NCCC(=O)O)cnn1CC(C)C. The lowest BCUT2D eigenvalue weighted by Gasteiger charge is -2.09. The number of aliphatic carboxylic acids is 1. The second-order valence-corrected chi connectivity index (χ2v) is 4.74. The molecule has 1 aromatic rings. The Hall–Kier alpha value is -2.05. The van der Waals surface area contributed by atoms with E-state index in [9.17, 15) is 9.59 Å². The van der Waals surface area contributed by atoms with Crippen LogP contribution in [0.5, 0.6) is 0 Å². The molecule has 0 aliphatic heterocycles. The van der Waals surface area contributed by atoms with Gasteiger partial charge in [0.25, 0.3) is 0 Å². The minimum absolute atomic E-state index is 0.0976. The summed E-state index contributed by atoms with van der Waals surface area (Å²) in [5.41, 5.74) is 1.51. The van der Waals surface area contributed by atoms with Crippen molar-refractivity contribution in [3.63, 3.8) is 0 Å². The summed E-state index contributed by atoms with van der Waals surface area (Å²) in [5, 5.41) is 17.8. The molecule has 0 aromatic carbocycles. The number of rotatable bonds is 6. The van der Waals surface area contributed by atoms with Crippen molar-refractivity contribution >= 4 is 17.7 Å². The number of amides is 2. The lowest BCUT2D eigenvalue weighted by atomic mass is 10.2. The van der Waals surface area contributed by atoms with Crippen molar-refractivity contribution in [2.75, 3.05) is 11.9 Å². The first-order chi connectivity index (χ1) is 8.90. The van der Waals surface area contributed by atoms with Crippen molar-refractivity contribution in [1.82, 2.24) is 15.1 Å². The van der Waals surface area contributed by atoms with Gasteiger partial charge in [0.05, 0.1) is 24.0 Å². The molecular weight excluding hydrogens is 248 g/mol. The number of nitrogens with one attached hydrogen (secondary N) is 2. The third-order valence-electron chi connectivity index (χ3n) is 2.51. The van der Waals surface area contributed by atoms with Crippen LogP contribution >= 0.6 is 0 Å². The van der Waals surface area contributed by atoms with E-state index in [1.165, 1.54) is 0 Å². The Labute approximate surface area is 112 Å². The fraction of sp³-hybridized carbons (Fsp3) is 0.583. The Kier molecular flexibility index (Phi) is 5.35. The van der Waals surface area contributed by atoms with E-state index >= 15 is 0 Å². The van der Waals surface area contributed by atoms with E-state index in [0.717, 1.165) is 12.2 Å². The van der Waals surface area contributed by atoms with Crippen LogP contribution in [0.3, 0.4) is 0 Å². The molecule has 0 aliphatic carbocycles. The average Bonchev–Trinajstić information content (AvgIpc) is 2.60. The van der Waals surface area contributed by atoms with E-state index in [4.69, 9.17) is 5.11 Å². The summed E-state index contributed by atoms with van der Waals surface area (Å²) in [6, 6.07) is -0.423. The number of nitrogens with zero attached hydrogens (tertiary/aromatic N) is 2. The van der Waals surface area contributed by atoms with Gasteiger partial charge in [-0.25, -0.2) is 4.79 Å². The summed E-state index contributed by atoms with van der Waals surface area (Å²) in [6.45, 7) is 6.94. The lowest BCUT2D eigenvalue weighted by Crippen LogP contribution is -2.30. The second-order valence-electron chi connectivity index (χ2n) is 4.74. The van der Waals surface area contributed by atoms with Crippen LogP contribution in [0.2, 0.25) is 0 Å². The van der Waals surface area contributed by atoms with Crippen LogP contribution in [0.25, 0.3) is 0 Å². The lowest BCUT2D eigenvalue weighted by molar-refractivity contribution is -0.136. The molecular formula is C12H20N4O3. The summed E-state index contributed by atoms with van der Waals surface area (Å²) in [4.78, 5) is 21.8. The minimum atomic E-state index is -0.943. The Morgan fingerprint density at radius 1 is 1.47 bits per heavy atom. The number of aromatic nitrogens is 2. The maximum absolute atomic E-state index is 11.5. The summed E-state index contributed by atoms with van der Waals surface area (Å²) in [6.07, 6.45) is 1.49. The van der Waals surface area contributed by atoms with Crippen molar-refractivity contribution in [3.05, 3.63) is 11.9 Å². The largest absolute Gasteiger partial charge is 0.481 e. The van der Waals surface area contributed by atoms with Gasteiger partial charge in [0.15, 0.2) is 0 Å². The Balaban J connectivity index is 2.50. The smallest absolute Gasteiger partial charge is 0.319 e. The predicted molar refractivity (Wildman–Crippen MR) is 71.1 cm³/mol. The van der Waals surface area contributed by atoms with E-state index in [2.05, 4.69) is 29.6 Å². The molecule has 0 saturated heterocycles. The van der Waals surface area contributed by atoms with E-state index in [0.29, 0.717) is 11.6 Å². The van der Waals surface area contributed by atoms with Gasteiger partial charge in [-0.3, -0.25) is 9.48 Å². The first-order valence-electron chi connectivity index (χ1n) is 6.19. The van der Waals surface area contributed by atoms with Gasteiger partial charge < -0.3 is 15.7 Å². The zero-order valence-corrected chi connectivity index (χ0v) is 11.4. The molecule has 0 spiro atoms. The third kappa shape index (κ3) is 4.99. The molecule has 1 aromatic heterocycles. The molecule has 7 nitrogen and oxygen atoms in total. The molecule has 1 heterocycles. The standard InChI is InChI=1S/C12H20N4O3/c1-8(2)7-16-9(3)10(6-14-16)15-12(19)13-5-4-11(17)18/h6,8H,4-5,7H2,1-3H3,(H,17,18)(H2,13,15,19). The van der Waals surface area contributed by atoms with Crippen LogP contribution < -0.4 is 10.6 Å². The average molecular weight is 268 g/mol. The molecule has 0 bridgehead atoms. The molecule has 0 saturated carbocycles. The maximum Gasteiger partial charge on any atom is 0.319 e. The van der Waals surface area contributed by atoms with Crippen molar-refractivity contribution in [1.29, 1.82) is 0 Å². The van der Waals surface area contributed by atoms with Crippen LogP contribution in [0.1, 0.15) is 26.0 Å². The molecule has 1 rings (SSSR count). The molecule has 19 heavy (non-hydrogen) atoms. The highest BCUT2D eigenvalue weighted by atomic mass is 16.4. The molecule has 0 atom stereocenters. The zero-order chi connectivity index (χ0) is 14.4. The van der Waals surface area contributed by atoms with Gasteiger partial charge in [-0.1, -0.05) is 13.8 Å². The number of hydrogen-bond donors (Lipinski definition) is 3. The number of carbonyl (C=O) groups is 2. The van der Waals surface area contributed by atoms with Gasteiger partial charge in [0.1, 0.15) is 0 Å². The monoisotopic (exact) mass is 268 g/mol. The molecule has 2 amide bonds. The number of carboxylic acids is 1. The fourth-order valence-electron chi connectivity index (χ4n) is 1.55. The van der Waals surface area contributed by atoms with E-state index in [-0.39, 0.29) is 13.0 Å². The molecule has 0 unspecified atom stereocenters. The molecule has 0 aliphatic rings. The van der Waals surface area contributed by atoms with Crippen LogP contribution in [0, 0.1) is 12.8 Å². The van der Waals surface area contributed by atoms with Crippen LogP contribution in [-0.4, -0.2) is 33.4 Å². The van der Waals surface area contributed by atoms with Crippen LogP contribution in [-0.2, 0) is 11.3 Å². The van der Waals surface area contributed by atoms with Gasteiger partial charge >= 0.3 is 12.0 Å². The number of hydrogen-bond acceptors (Lipinski definition) is 3. The van der Waals surface area contributed by atoms with Gasteiger partial charge in [-0.05, 0) is 12.8 Å². The number of urea groups is 1. The Morgan fingerprint density at radius 3 is 2.74 bits per heavy atom. The Morgan fingerprint density at radius 2 is 2.16 bits per heavy atom. The number of anilines is 1. The summed E-state index contributed by atoms with van der Waals surface area (Å²) >= 11 is 0. The van der Waals surface area contributed by atoms with E-state index < -0.39 is 12.0 Å². The first kappa shape index (κ1) is 15.0. The third-order valence-corrected chi connectivity index (χ3v) is 2.51. The minimum Gasteiger partial charge on any atom is -0.481 e. The first-order valence-corrected chi connectivity index (χ1v) is 6.19. The van der Waals surface area contributed by atoms with Gasteiger partial charge in [0.2, 0.25) is 0 Å². The number of carbonyl (C=O) groups excluding carboxylic acids is 1. The van der Waals surface area contributed by atoms with E-state index in [1.807, 2.05) is 11.6 Å². The normalized spacial score (nSPS) is 10.5. The Bertz CT molecular complexity index is 454. The zero-order valence-electron chi connectivity index (χ0n) is 11.4. The van der Waals surface area contributed by atoms with Crippen LogP contribution in [0.15, 0.2) is 6.20 Å². The van der Waals surface area contributed by atoms with Crippen molar-refractivity contribution in [3.8, 4) is 0 Å². The molecule has 7 heteroatoms. The quantitative estimate of drug-likeness (QED) is 0.727. The van der Waals surface area contributed by atoms with Crippen molar-refractivity contribution in [2.45, 2.75) is 33.7 Å². The topological polar surface area (TPSA) is 96.2 Å². The summed E-state index contributed by atoms with van der Waals surface area (Å²) < 4.78 is 1.83. The van der Waals surface area contributed by atoms with Gasteiger partial charge in [-0.15, -0.1) is 0 Å². The highest BCUT2D eigenvalue weighted by molar-refractivity contribution is 5.89. The maximum atomic E-state index is 11.5. The van der Waals surface area contributed by atoms with Crippen LogP contribution in [0.4, 0.5) is 10.5 Å². The number of carboxylic acid groups (broad SMARTS) is 1. The molecule has 0 fully saturated rings. The second kappa shape index (κ2) is 6.77. The van der Waals surface area contributed by atoms with Gasteiger partial charge in [-0.2, -0.15) is 5.10 Å². The summed E-state index contributed by atoms with van der Waals surface area (Å²) in [7, 11) is 0.